The molecule has 0 heterocycles. The van der Waals surface area contributed by atoms with Crippen LogP contribution in [-0.4, -0.2) is 95.9 Å². The molecule has 5 unspecified atom stereocenters. The Kier molecular flexibility index (Phi) is 85.8. The minimum Gasteiger partial charge on any atom is -0.463 e. The molecule has 4 N–H and O–H groups in total. The summed E-state index contributed by atoms with van der Waals surface area (Å²) >= 11 is 0. The Bertz CT molecular complexity index is 2860. The highest BCUT2D eigenvalue weighted by molar-refractivity contribution is 7.47. The summed E-state index contributed by atoms with van der Waals surface area (Å²) in [6.07, 6.45) is 118. The fourth-order valence-electron chi connectivity index (χ4n) is 12.2. The number of phosphoric acid groups is 2. The van der Waals surface area contributed by atoms with Crippen molar-refractivity contribution in [3.8, 4) is 0 Å². The summed E-state index contributed by atoms with van der Waals surface area (Å²) < 4.78 is 61.3. The van der Waals surface area contributed by atoms with Crippen LogP contribution in [0.2, 0.25) is 0 Å². The fourth-order valence-corrected chi connectivity index (χ4v) is 13.8. The smallest absolute Gasteiger partial charge is 0.463 e. The number of allylic oxidation sites excluding steroid dienone is 30. The van der Waals surface area contributed by atoms with Gasteiger partial charge >= 0.3 is 33.6 Å². The molecule has 0 aromatic heterocycles. The highest BCUT2D eigenvalue weighted by atomic mass is 31.2. The van der Waals surface area contributed by atoms with Gasteiger partial charge in [0.15, 0.2) is 6.10 Å². The van der Waals surface area contributed by atoms with Gasteiger partial charge in [0.1, 0.15) is 25.4 Å². The van der Waals surface area contributed by atoms with Crippen molar-refractivity contribution in [2.45, 2.75) is 386 Å². The van der Waals surface area contributed by atoms with Crippen LogP contribution in [0.15, 0.2) is 182 Å². The molecule has 0 radical (unpaired) electrons. The lowest BCUT2D eigenvalue weighted by molar-refractivity contribution is -0.161. The SMILES string of the molecule is CC/C=C\C/C=C\C/C=C\C/C=C\C/C=C\C/C=C\CCC(=O)OC(COC(=O)CCCCCCCCCCCCC/C=C\C/C=C\C/C=C\C/C=C\C/C=C\CC)COP(=O)(O)OCC(O)COP(=O)(O)OCC(O)COC(=O)CCCCCCCCCCCCCCCCCCCCC/C=C\C/C=C\C/C=C\C/C=C\CCCCC. The molecule has 0 fully saturated rings. The molecule has 0 spiro atoms. The topological polar surface area (TPSA) is 231 Å². The molecule has 0 amide bonds. The van der Waals surface area contributed by atoms with Gasteiger partial charge < -0.3 is 34.2 Å². The molecular formula is C99H166O16P2. The molecule has 0 aliphatic rings. The van der Waals surface area contributed by atoms with E-state index >= 15 is 0 Å². The van der Waals surface area contributed by atoms with E-state index in [1.807, 2.05) is 18.2 Å². The van der Waals surface area contributed by atoms with Crippen LogP contribution < -0.4 is 0 Å². The predicted molar refractivity (Wildman–Crippen MR) is 491 cm³/mol. The maximum Gasteiger partial charge on any atom is 0.472 e. The molecule has 0 bridgehead atoms. The Labute approximate surface area is 713 Å². The van der Waals surface area contributed by atoms with Gasteiger partial charge in [-0.2, -0.15) is 0 Å². The van der Waals surface area contributed by atoms with Gasteiger partial charge in [-0.25, -0.2) is 9.13 Å². The molecule has 5 atom stereocenters. The largest absolute Gasteiger partial charge is 0.472 e. The molecule has 16 nitrogen and oxygen atoms in total. The predicted octanol–water partition coefficient (Wildman–Crippen LogP) is 28.4. The number of unbranched alkanes of at least 4 members (excludes halogenated alkanes) is 33. The van der Waals surface area contributed by atoms with Crippen molar-refractivity contribution in [1.82, 2.24) is 0 Å². The molecular weight excluding hydrogens is 1510 g/mol. The lowest BCUT2D eigenvalue weighted by atomic mass is 10.0. The van der Waals surface area contributed by atoms with E-state index in [9.17, 15) is 43.5 Å². The molecule has 0 rings (SSSR count). The van der Waals surface area contributed by atoms with E-state index in [0.29, 0.717) is 25.7 Å². The van der Waals surface area contributed by atoms with Gasteiger partial charge in [-0.1, -0.05) is 383 Å². The average Bonchev–Trinajstić information content (AvgIpc) is 0.812. The number of aliphatic hydroxyl groups is 2. The normalized spacial score (nSPS) is 14.6. The maximum absolute atomic E-state index is 13.0. The second-order valence-electron chi connectivity index (χ2n) is 30.3. The first-order valence-electron chi connectivity index (χ1n) is 46.1. The Morgan fingerprint density at radius 3 is 0.752 bits per heavy atom. The zero-order valence-electron chi connectivity index (χ0n) is 73.6. The molecule has 117 heavy (non-hydrogen) atoms. The molecule has 0 aliphatic heterocycles. The summed E-state index contributed by atoms with van der Waals surface area (Å²) in [7, 11) is -9.84. The fraction of sp³-hybridized carbons (Fsp3) is 0.667. The number of hydrogen-bond acceptors (Lipinski definition) is 14. The van der Waals surface area contributed by atoms with E-state index < -0.39 is 91.5 Å². The van der Waals surface area contributed by atoms with Gasteiger partial charge in [0.2, 0.25) is 0 Å². The summed E-state index contributed by atoms with van der Waals surface area (Å²) in [5.41, 5.74) is 0. The number of carbonyl (C=O) groups excluding carboxylic acids is 3. The summed E-state index contributed by atoms with van der Waals surface area (Å²) in [6.45, 7) is 2.36. The number of rotatable bonds is 86. The minimum atomic E-state index is -4.96. The number of hydrogen-bond donors (Lipinski definition) is 4. The minimum absolute atomic E-state index is 0.0265. The summed E-state index contributed by atoms with van der Waals surface area (Å²) in [6, 6.07) is 0. The lowest BCUT2D eigenvalue weighted by Crippen LogP contribution is -2.29. The molecule has 0 saturated carbocycles. The zero-order valence-corrected chi connectivity index (χ0v) is 75.4. The number of esters is 3. The monoisotopic (exact) mass is 1670 g/mol. The Morgan fingerprint density at radius 1 is 0.248 bits per heavy atom. The van der Waals surface area contributed by atoms with Crippen LogP contribution in [0, 0.1) is 0 Å². The summed E-state index contributed by atoms with van der Waals surface area (Å²) in [5, 5.41) is 20.7. The first-order valence-corrected chi connectivity index (χ1v) is 49.1. The van der Waals surface area contributed by atoms with Gasteiger partial charge in [0, 0.05) is 19.3 Å². The van der Waals surface area contributed by atoms with E-state index in [4.69, 9.17) is 32.3 Å². The number of phosphoric ester groups is 2. The molecule has 0 saturated heterocycles. The highest BCUT2D eigenvalue weighted by Crippen LogP contribution is 2.45. The zero-order chi connectivity index (χ0) is 85.1. The van der Waals surface area contributed by atoms with E-state index in [2.05, 4.69) is 185 Å². The molecule has 0 aromatic carbocycles. The average molecular weight is 1670 g/mol. The third-order valence-corrected chi connectivity index (χ3v) is 21.0. The van der Waals surface area contributed by atoms with Crippen molar-refractivity contribution >= 4 is 33.6 Å². The molecule has 0 aliphatic carbocycles. The van der Waals surface area contributed by atoms with Gasteiger partial charge in [-0.15, -0.1) is 0 Å². The van der Waals surface area contributed by atoms with E-state index in [-0.39, 0.29) is 19.3 Å². The molecule has 668 valence electrons. The Morgan fingerprint density at radius 2 is 0.470 bits per heavy atom. The van der Waals surface area contributed by atoms with Gasteiger partial charge in [0.25, 0.3) is 0 Å². The second kappa shape index (κ2) is 89.9. The van der Waals surface area contributed by atoms with E-state index in [0.717, 1.165) is 135 Å². The van der Waals surface area contributed by atoms with Gasteiger partial charge in [-0.3, -0.25) is 32.5 Å². The van der Waals surface area contributed by atoms with Crippen LogP contribution in [0.1, 0.15) is 367 Å². The van der Waals surface area contributed by atoms with Crippen molar-refractivity contribution in [3.05, 3.63) is 182 Å². The Hall–Kier alpha value is -5.35. The van der Waals surface area contributed by atoms with Crippen molar-refractivity contribution < 1.29 is 75.8 Å². The second-order valence-corrected chi connectivity index (χ2v) is 33.2. The van der Waals surface area contributed by atoms with Crippen molar-refractivity contribution in [1.29, 1.82) is 0 Å². The van der Waals surface area contributed by atoms with Crippen molar-refractivity contribution in [3.63, 3.8) is 0 Å². The first-order chi connectivity index (χ1) is 57.2. The van der Waals surface area contributed by atoms with Crippen LogP contribution in [0.5, 0.6) is 0 Å². The first kappa shape index (κ1) is 112. The van der Waals surface area contributed by atoms with Gasteiger partial charge in [0.05, 0.1) is 26.4 Å². The van der Waals surface area contributed by atoms with Crippen LogP contribution >= 0.6 is 15.6 Å². The Balaban J connectivity index is 4.54. The molecule has 18 heteroatoms. The van der Waals surface area contributed by atoms with Crippen LogP contribution in [-0.2, 0) is 55.8 Å². The molecule has 0 aromatic rings. The summed E-state index contributed by atoms with van der Waals surface area (Å²) in [5.74, 6) is -1.68. The van der Waals surface area contributed by atoms with Crippen molar-refractivity contribution in [2.24, 2.45) is 0 Å². The van der Waals surface area contributed by atoms with E-state index in [1.165, 1.54) is 167 Å². The van der Waals surface area contributed by atoms with Crippen LogP contribution in [0.4, 0.5) is 0 Å². The standard InChI is InChI=1S/C99H166O16P2/c1-4-7-10-13-16-19-22-25-28-31-34-36-38-40-42-43-44-45-46-47-48-49-51-53-54-56-59-61-64-67-70-73-76-79-82-85-97(102)109-88-94(100)89-111-116(105,106)112-90-95(101)91-113-117(107,108)114-93-96(115-99(104)87-84-81-78-75-72-69-66-63-58-33-30-27-24-21-18-15-12-9-6-3)92-110-98(103)86-83-80-77-74-71-68-65-62-60-57-55-52-50-41-39-37-35-32-29-26-23-20-17-14-11-8-5-2/h8-9,11-12,16-21,25-30,34-37,40-42,50,58,63,69,72,78,81,94-96,100-101H,4-7,10,13-15,22-24,31-33,38-39,43-49,51-57,59-62,64-68,70-71,73-77,79-80,82-93H2,1-3H3,(H,105,106)(H,107,108)/b11-8-,12-9-,19-16-,20-17-,21-18-,28-25-,29-26-,30-27-,36-34-,37-35-,42-40-,50-41-,63-58-,72-69-,81-78-. The maximum atomic E-state index is 13.0. The lowest BCUT2D eigenvalue weighted by Gasteiger charge is -2.21. The van der Waals surface area contributed by atoms with Gasteiger partial charge in [-0.05, 0) is 148 Å². The van der Waals surface area contributed by atoms with E-state index in [1.54, 1.807) is 0 Å². The third-order valence-electron chi connectivity index (χ3n) is 19.1. The quantitative estimate of drug-likeness (QED) is 0.0146. The number of carbonyl (C=O) groups is 3. The number of ether oxygens (including phenoxy) is 3. The third kappa shape index (κ3) is 91.2. The van der Waals surface area contributed by atoms with Crippen molar-refractivity contribution in [2.75, 3.05) is 39.6 Å². The summed E-state index contributed by atoms with van der Waals surface area (Å²) in [4.78, 5) is 58.9. The van der Waals surface area contributed by atoms with Crippen LogP contribution in [0.25, 0.3) is 0 Å². The number of aliphatic hydroxyl groups excluding tert-OH is 2. The van der Waals surface area contributed by atoms with Crippen LogP contribution in [0.3, 0.4) is 0 Å². The highest BCUT2D eigenvalue weighted by Gasteiger charge is 2.29.